The van der Waals surface area contributed by atoms with Gasteiger partial charge in [-0.3, -0.25) is 20.4 Å². The number of carbonyl (C=O) groups excluding carboxylic acids is 2. The maximum atomic E-state index is 11.7. The summed E-state index contributed by atoms with van der Waals surface area (Å²) >= 11 is 0. The monoisotopic (exact) mass is 323 g/mol. The predicted octanol–water partition coefficient (Wildman–Crippen LogP) is 1.64. The molecule has 6 heteroatoms. The van der Waals surface area contributed by atoms with Crippen molar-refractivity contribution in [1.82, 2.24) is 10.9 Å². The van der Waals surface area contributed by atoms with Crippen LogP contribution in [0.1, 0.15) is 16.7 Å². The lowest BCUT2D eigenvalue weighted by molar-refractivity contribution is -0.129. The minimum atomic E-state index is -0.475. The molecule has 0 saturated heterocycles. The van der Waals surface area contributed by atoms with Gasteiger partial charge in [0.15, 0.2) is 6.61 Å². The van der Waals surface area contributed by atoms with E-state index in [-0.39, 0.29) is 18.9 Å². The molecule has 122 valence electrons. The average molecular weight is 323 g/mol. The van der Waals surface area contributed by atoms with E-state index in [0.29, 0.717) is 11.3 Å². The van der Waals surface area contributed by atoms with Crippen LogP contribution in [0.3, 0.4) is 0 Å². The predicted molar refractivity (Wildman–Crippen MR) is 87.8 cm³/mol. The maximum Gasteiger partial charge on any atom is 0.276 e. The fourth-order valence-corrected chi connectivity index (χ4v) is 1.89. The Hall–Kier alpha value is -3.33. The second kappa shape index (κ2) is 8.34. The quantitative estimate of drug-likeness (QED) is 0.818. The number of hydrazine groups is 1. The second-order valence-electron chi connectivity index (χ2n) is 5.18. The lowest BCUT2D eigenvalue weighted by Crippen LogP contribution is -2.44. The van der Waals surface area contributed by atoms with E-state index in [0.717, 1.165) is 11.1 Å². The smallest absolute Gasteiger partial charge is 0.276 e. The third kappa shape index (κ3) is 5.46. The van der Waals surface area contributed by atoms with E-state index in [1.165, 1.54) is 0 Å². The summed E-state index contributed by atoms with van der Waals surface area (Å²) in [5, 5.41) is 8.69. The number of ether oxygens (including phenoxy) is 1. The highest BCUT2D eigenvalue weighted by Crippen LogP contribution is 2.11. The summed E-state index contributed by atoms with van der Waals surface area (Å²) in [5.41, 5.74) is 7.12. The number of hydrogen-bond acceptors (Lipinski definition) is 4. The molecule has 0 atom stereocenters. The molecule has 6 nitrogen and oxygen atoms in total. The number of aryl methyl sites for hydroxylation is 1. The molecule has 24 heavy (non-hydrogen) atoms. The van der Waals surface area contributed by atoms with Crippen molar-refractivity contribution in [3.05, 3.63) is 65.2 Å². The highest BCUT2D eigenvalue weighted by Gasteiger charge is 2.06. The summed E-state index contributed by atoms with van der Waals surface area (Å²) in [6, 6.07) is 16.0. The third-order valence-electron chi connectivity index (χ3n) is 3.18. The molecular weight excluding hydrogens is 306 g/mol. The molecule has 2 aromatic carbocycles. The molecule has 0 aliphatic heterocycles. The molecule has 0 spiro atoms. The van der Waals surface area contributed by atoms with E-state index < -0.39 is 5.91 Å². The number of nitrogens with zero attached hydrogens (tertiary/aromatic N) is 1. The number of nitrogens with one attached hydrogen (secondary N) is 2. The molecule has 0 saturated carbocycles. The molecular formula is C18H17N3O3. The van der Waals surface area contributed by atoms with Gasteiger partial charge in [-0.05, 0) is 36.8 Å². The minimum Gasteiger partial charge on any atom is -0.484 e. The number of amides is 2. The highest BCUT2D eigenvalue weighted by atomic mass is 16.5. The molecule has 2 N–H and O–H groups in total. The second-order valence-corrected chi connectivity index (χ2v) is 5.18. The van der Waals surface area contributed by atoms with Gasteiger partial charge in [0.05, 0.1) is 18.1 Å². The fraction of sp³-hybridized carbons (Fsp3) is 0.167. The van der Waals surface area contributed by atoms with E-state index in [1.807, 2.05) is 37.3 Å². The molecule has 0 heterocycles. The molecule has 0 radical (unpaired) electrons. The van der Waals surface area contributed by atoms with Crippen LogP contribution in [-0.2, 0) is 16.0 Å². The van der Waals surface area contributed by atoms with Gasteiger partial charge in [0.1, 0.15) is 5.75 Å². The number of carbonyl (C=O) groups is 2. The molecule has 2 rings (SSSR count). The van der Waals surface area contributed by atoms with Gasteiger partial charge in [-0.15, -0.1) is 0 Å². The van der Waals surface area contributed by atoms with Crippen molar-refractivity contribution >= 4 is 11.8 Å². The Morgan fingerprint density at radius 3 is 2.25 bits per heavy atom. The Bertz CT molecular complexity index is 747. The van der Waals surface area contributed by atoms with Gasteiger partial charge < -0.3 is 4.74 Å². The van der Waals surface area contributed by atoms with E-state index in [1.54, 1.807) is 24.3 Å². The standard InChI is InChI=1S/C18H17N3O3/c1-13-2-4-14(5-3-13)10-17(22)20-21-18(23)12-24-16-8-6-15(11-19)7-9-16/h2-9H,10,12H2,1H3,(H,20,22)(H,21,23). The maximum absolute atomic E-state index is 11.7. The van der Waals surface area contributed by atoms with Crippen LogP contribution in [0.2, 0.25) is 0 Å². The van der Waals surface area contributed by atoms with Crippen molar-refractivity contribution in [2.75, 3.05) is 6.61 Å². The van der Waals surface area contributed by atoms with Gasteiger partial charge in [0, 0.05) is 0 Å². The van der Waals surface area contributed by atoms with Crippen LogP contribution in [0, 0.1) is 18.3 Å². The van der Waals surface area contributed by atoms with E-state index in [2.05, 4.69) is 10.9 Å². The molecule has 0 bridgehead atoms. The van der Waals surface area contributed by atoms with Crippen LogP contribution in [-0.4, -0.2) is 18.4 Å². The summed E-state index contributed by atoms with van der Waals surface area (Å²) < 4.78 is 5.26. The van der Waals surface area contributed by atoms with E-state index >= 15 is 0 Å². The number of rotatable bonds is 5. The van der Waals surface area contributed by atoms with Crippen molar-refractivity contribution in [2.45, 2.75) is 13.3 Å². The summed E-state index contributed by atoms with van der Waals surface area (Å²) in [5.74, 6) is -0.322. The topological polar surface area (TPSA) is 91.2 Å². The zero-order valence-electron chi connectivity index (χ0n) is 13.2. The van der Waals surface area contributed by atoms with Crippen LogP contribution >= 0.6 is 0 Å². The first-order valence-electron chi connectivity index (χ1n) is 7.33. The van der Waals surface area contributed by atoms with Crippen LogP contribution < -0.4 is 15.6 Å². The minimum absolute atomic E-state index is 0.178. The van der Waals surface area contributed by atoms with Crippen LogP contribution in [0.5, 0.6) is 5.75 Å². The molecule has 0 fully saturated rings. The average Bonchev–Trinajstić information content (AvgIpc) is 2.60. The summed E-state index contributed by atoms with van der Waals surface area (Å²) in [6.07, 6.45) is 0.178. The van der Waals surface area contributed by atoms with Gasteiger partial charge in [0.2, 0.25) is 5.91 Å². The Balaban J connectivity index is 1.71. The first kappa shape index (κ1) is 17.0. The Morgan fingerprint density at radius 2 is 1.62 bits per heavy atom. The van der Waals surface area contributed by atoms with E-state index in [9.17, 15) is 9.59 Å². The molecule has 0 unspecified atom stereocenters. The highest BCUT2D eigenvalue weighted by molar-refractivity contribution is 5.83. The Kier molecular flexibility index (Phi) is 5.92. The molecule has 0 aromatic heterocycles. The van der Waals surface area contributed by atoms with Crippen LogP contribution in [0.4, 0.5) is 0 Å². The summed E-state index contributed by atoms with van der Waals surface area (Å²) in [6.45, 7) is 1.73. The zero-order chi connectivity index (χ0) is 17.4. The van der Waals surface area contributed by atoms with Crippen molar-refractivity contribution < 1.29 is 14.3 Å². The molecule has 2 aromatic rings. The fourth-order valence-electron chi connectivity index (χ4n) is 1.89. The zero-order valence-corrected chi connectivity index (χ0v) is 13.2. The lowest BCUT2D eigenvalue weighted by atomic mass is 10.1. The molecule has 0 aliphatic rings. The Labute approximate surface area is 140 Å². The van der Waals surface area contributed by atoms with E-state index in [4.69, 9.17) is 10.00 Å². The third-order valence-corrected chi connectivity index (χ3v) is 3.18. The van der Waals surface area contributed by atoms with Gasteiger partial charge in [0.25, 0.3) is 5.91 Å². The van der Waals surface area contributed by atoms with Crippen LogP contribution in [0.15, 0.2) is 48.5 Å². The molecule has 0 aliphatic carbocycles. The normalized spacial score (nSPS) is 9.67. The van der Waals surface area contributed by atoms with Gasteiger partial charge in [-0.25, -0.2) is 0 Å². The Morgan fingerprint density at radius 1 is 1.00 bits per heavy atom. The van der Waals surface area contributed by atoms with Crippen molar-refractivity contribution in [3.8, 4) is 11.8 Å². The van der Waals surface area contributed by atoms with Crippen LogP contribution in [0.25, 0.3) is 0 Å². The number of benzene rings is 2. The number of hydrogen-bond donors (Lipinski definition) is 2. The van der Waals surface area contributed by atoms with Crippen molar-refractivity contribution in [3.63, 3.8) is 0 Å². The van der Waals surface area contributed by atoms with Gasteiger partial charge in [-0.1, -0.05) is 29.8 Å². The number of nitriles is 1. The van der Waals surface area contributed by atoms with Gasteiger partial charge >= 0.3 is 0 Å². The lowest BCUT2D eigenvalue weighted by Gasteiger charge is -2.09. The first-order valence-corrected chi connectivity index (χ1v) is 7.33. The van der Waals surface area contributed by atoms with Gasteiger partial charge in [-0.2, -0.15) is 5.26 Å². The van der Waals surface area contributed by atoms with Crippen molar-refractivity contribution in [1.29, 1.82) is 5.26 Å². The largest absolute Gasteiger partial charge is 0.484 e. The molecule has 2 amide bonds. The first-order chi connectivity index (χ1) is 11.6. The summed E-state index contributed by atoms with van der Waals surface area (Å²) in [7, 11) is 0. The van der Waals surface area contributed by atoms with Crippen molar-refractivity contribution in [2.24, 2.45) is 0 Å². The summed E-state index contributed by atoms with van der Waals surface area (Å²) in [4.78, 5) is 23.4. The SMILES string of the molecule is Cc1ccc(CC(=O)NNC(=O)COc2ccc(C#N)cc2)cc1.